The summed E-state index contributed by atoms with van der Waals surface area (Å²) in [6, 6.07) is 2.44. The molecule has 0 aromatic carbocycles. The summed E-state index contributed by atoms with van der Waals surface area (Å²) in [7, 11) is 8.00. The van der Waals surface area contributed by atoms with E-state index >= 15 is 0 Å². The van der Waals surface area contributed by atoms with Crippen molar-refractivity contribution >= 4 is 11.6 Å². The Balaban J connectivity index is 1.77. The molecule has 1 aliphatic rings. The molecule has 25 heavy (non-hydrogen) atoms. The van der Waals surface area contributed by atoms with Crippen molar-refractivity contribution in [1.82, 2.24) is 24.8 Å². The molecule has 2 atom stereocenters. The van der Waals surface area contributed by atoms with Gasteiger partial charge in [-0.15, -0.1) is 0 Å². The molecule has 0 bridgehead atoms. The fourth-order valence-electron chi connectivity index (χ4n) is 3.33. The van der Waals surface area contributed by atoms with Gasteiger partial charge in [0.05, 0.1) is 24.7 Å². The summed E-state index contributed by atoms with van der Waals surface area (Å²) in [5.41, 5.74) is 1.05. The minimum absolute atomic E-state index is 0.242. The second-order valence-electron chi connectivity index (χ2n) is 6.83. The van der Waals surface area contributed by atoms with Crippen LogP contribution in [0.4, 0.5) is 11.6 Å². The van der Waals surface area contributed by atoms with E-state index < -0.39 is 0 Å². The third-order valence-electron chi connectivity index (χ3n) is 4.57. The minimum Gasteiger partial charge on any atom is -0.380 e. The van der Waals surface area contributed by atoms with E-state index in [-0.39, 0.29) is 6.10 Å². The standard InChI is InChI=1S/C17H27N7O/c1-22(2)9-14-5-15(25-4)10-24(14)17-6-16(20-12-21-17)23(3)8-13-7-18-11-19-13/h6-7,11-12,14-15H,5,8-10H2,1-4H3,(H,18,19)/t14-,15-/m0/s1. The van der Waals surface area contributed by atoms with Gasteiger partial charge in [-0.2, -0.15) is 0 Å². The molecule has 8 heteroatoms. The summed E-state index contributed by atoms with van der Waals surface area (Å²) in [6.07, 6.45) is 6.41. The Morgan fingerprint density at radius 1 is 1.32 bits per heavy atom. The topological polar surface area (TPSA) is 73.4 Å². The van der Waals surface area contributed by atoms with Crippen molar-refractivity contribution in [3.63, 3.8) is 0 Å². The predicted molar refractivity (Wildman–Crippen MR) is 97.8 cm³/mol. The van der Waals surface area contributed by atoms with Crippen LogP contribution >= 0.6 is 0 Å². The molecule has 1 N–H and O–H groups in total. The van der Waals surface area contributed by atoms with Crippen molar-refractivity contribution in [1.29, 1.82) is 0 Å². The largest absolute Gasteiger partial charge is 0.380 e. The van der Waals surface area contributed by atoms with E-state index in [2.05, 4.69) is 54.8 Å². The first-order chi connectivity index (χ1) is 12.1. The van der Waals surface area contributed by atoms with Crippen LogP contribution in [0.3, 0.4) is 0 Å². The lowest BCUT2D eigenvalue weighted by Crippen LogP contribution is -2.38. The van der Waals surface area contributed by atoms with Crippen LogP contribution < -0.4 is 9.80 Å². The highest BCUT2D eigenvalue weighted by molar-refractivity contribution is 5.51. The van der Waals surface area contributed by atoms with E-state index in [4.69, 9.17) is 4.74 Å². The smallest absolute Gasteiger partial charge is 0.134 e. The van der Waals surface area contributed by atoms with Gasteiger partial charge in [0, 0.05) is 45.6 Å². The molecule has 0 saturated carbocycles. The zero-order valence-corrected chi connectivity index (χ0v) is 15.4. The molecule has 2 aromatic heterocycles. The first-order valence-electron chi connectivity index (χ1n) is 8.51. The Morgan fingerprint density at radius 3 is 2.84 bits per heavy atom. The summed E-state index contributed by atoms with van der Waals surface area (Å²) >= 11 is 0. The Labute approximate surface area is 148 Å². The van der Waals surface area contributed by atoms with E-state index in [0.717, 1.165) is 43.4 Å². The van der Waals surface area contributed by atoms with Crippen molar-refractivity contribution in [2.45, 2.75) is 25.1 Å². The third kappa shape index (κ3) is 4.26. The summed E-state index contributed by atoms with van der Waals surface area (Å²) < 4.78 is 5.60. The van der Waals surface area contributed by atoms with Crippen molar-refractivity contribution in [3.05, 3.63) is 30.6 Å². The van der Waals surface area contributed by atoms with Crippen LogP contribution in [-0.4, -0.2) is 78.3 Å². The molecule has 2 aromatic rings. The van der Waals surface area contributed by atoms with Crippen LogP contribution in [0.1, 0.15) is 12.1 Å². The van der Waals surface area contributed by atoms with Gasteiger partial charge < -0.3 is 24.4 Å². The number of hydrogen-bond donors (Lipinski definition) is 1. The Hall–Kier alpha value is -2.19. The summed E-state index contributed by atoms with van der Waals surface area (Å²) in [5, 5.41) is 0. The third-order valence-corrected chi connectivity index (χ3v) is 4.57. The van der Waals surface area contributed by atoms with E-state index in [1.165, 1.54) is 0 Å². The zero-order valence-electron chi connectivity index (χ0n) is 15.4. The maximum absolute atomic E-state index is 5.60. The fourth-order valence-corrected chi connectivity index (χ4v) is 3.33. The minimum atomic E-state index is 0.242. The van der Waals surface area contributed by atoms with Gasteiger partial charge >= 0.3 is 0 Å². The molecule has 0 aliphatic carbocycles. The summed E-state index contributed by atoms with van der Waals surface area (Å²) in [4.78, 5) is 22.8. The number of ether oxygens (including phenoxy) is 1. The molecule has 3 rings (SSSR count). The molecule has 8 nitrogen and oxygen atoms in total. The van der Waals surface area contributed by atoms with Crippen LogP contribution in [0, 0.1) is 0 Å². The SMILES string of the molecule is CO[C@H]1C[C@@H](CN(C)C)N(c2cc(N(C)Cc3cnc[nH]3)ncn2)C1. The molecule has 0 unspecified atom stereocenters. The molecule has 1 saturated heterocycles. The van der Waals surface area contributed by atoms with Gasteiger partial charge in [-0.3, -0.25) is 0 Å². The normalized spacial score (nSPS) is 20.4. The monoisotopic (exact) mass is 345 g/mol. The number of aromatic amines is 1. The fraction of sp³-hybridized carbons (Fsp3) is 0.588. The lowest BCUT2D eigenvalue weighted by Gasteiger charge is -2.28. The number of nitrogens with zero attached hydrogens (tertiary/aromatic N) is 6. The maximum atomic E-state index is 5.60. The average Bonchev–Trinajstić information content (AvgIpc) is 3.24. The summed E-state index contributed by atoms with van der Waals surface area (Å²) in [6.45, 7) is 2.55. The van der Waals surface area contributed by atoms with Crippen molar-refractivity contribution in [3.8, 4) is 0 Å². The molecule has 0 radical (unpaired) electrons. The number of methoxy groups -OCH3 is 1. The number of rotatable bonds is 7. The van der Waals surface area contributed by atoms with Gasteiger partial charge in [0.2, 0.25) is 0 Å². The molecule has 0 spiro atoms. The van der Waals surface area contributed by atoms with Gasteiger partial charge in [-0.25, -0.2) is 15.0 Å². The van der Waals surface area contributed by atoms with Gasteiger partial charge in [-0.05, 0) is 20.5 Å². The number of H-pyrrole nitrogens is 1. The molecule has 3 heterocycles. The Morgan fingerprint density at radius 2 is 2.16 bits per heavy atom. The first kappa shape index (κ1) is 17.6. The van der Waals surface area contributed by atoms with Crippen LogP contribution in [0.15, 0.2) is 24.9 Å². The van der Waals surface area contributed by atoms with Crippen molar-refractivity contribution in [2.75, 3.05) is 51.1 Å². The molecule has 1 aliphatic heterocycles. The lowest BCUT2D eigenvalue weighted by molar-refractivity contribution is 0.117. The van der Waals surface area contributed by atoms with Gasteiger partial charge in [0.25, 0.3) is 0 Å². The molecule has 136 valence electrons. The van der Waals surface area contributed by atoms with Crippen LogP contribution in [0.5, 0.6) is 0 Å². The number of imidazole rings is 1. The van der Waals surface area contributed by atoms with E-state index in [0.29, 0.717) is 6.04 Å². The number of anilines is 2. The number of nitrogens with one attached hydrogen (secondary N) is 1. The Bertz CT molecular complexity index is 661. The summed E-state index contributed by atoms with van der Waals surface area (Å²) in [5.74, 6) is 1.84. The zero-order chi connectivity index (χ0) is 17.8. The maximum Gasteiger partial charge on any atom is 0.134 e. The van der Waals surface area contributed by atoms with Gasteiger partial charge in [0.15, 0.2) is 0 Å². The predicted octanol–water partition coefficient (Wildman–Crippen LogP) is 0.991. The molecular weight excluding hydrogens is 318 g/mol. The van der Waals surface area contributed by atoms with E-state index in [1.54, 1.807) is 19.8 Å². The van der Waals surface area contributed by atoms with Gasteiger partial charge in [0.1, 0.15) is 18.0 Å². The highest BCUT2D eigenvalue weighted by Gasteiger charge is 2.33. The van der Waals surface area contributed by atoms with Crippen molar-refractivity contribution < 1.29 is 4.74 Å². The van der Waals surface area contributed by atoms with Gasteiger partial charge in [-0.1, -0.05) is 0 Å². The van der Waals surface area contributed by atoms with E-state index in [1.807, 2.05) is 13.2 Å². The van der Waals surface area contributed by atoms with Crippen LogP contribution in [-0.2, 0) is 11.3 Å². The molecular formula is C17H27N7O. The second kappa shape index (κ2) is 7.79. The second-order valence-corrected chi connectivity index (χ2v) is 6.83. The number of aromatic nitrogens is 4. The Kier molecular flexibility index (Phi) is 5.50. The average molecular weight is 345 g/mol. The van der Waals surface area contributed by atoms with Crippen LogP contribution in [0.2, 0.25) is 0 Å². The highest BCUT2D eigenvalue weighted by Crippen LogP contribution is 2.27. The molecule has 0 amide bonds. The van der Waals surface area contributed by atoms with Crippen LogP contribution in [0.25, 0.3) is 0 Å². The van der Waals surface area contributed by atoms with Crippen molar-refractivity contribution in [2.24, 2.45) is 0 Å². The number of likely N-dealkylation sites (N-methyl/N-ethyl adjacent to an activating group) is 1. The first-order valence-corrected chi connectivity index (χ1v) is 8.51. The number of hydrogen-bond acceptors (Lipinski definition) is 7. The quantitative estimate of drug-likeness (QED) is 0.802. The highest BCUT2D eigenvalue weighted by atomic mass is 16.5. The van der Waals surface area contributed by atoms with E-state index in [9.17, 15) is 0 Å². The lowest BCUT2D eigenvalue weighted by atomic mass is 10.2. The molecule has 1 fully saturated rings.